The number of hydrogen-bond donors (Lipinski definition) is 1. The molecule has 3 rings (SSSR count). The average molecular weight is 360 g/mol. The highest BCUT2D eigenvalue weighted by Gasteiger charge is 2.21. The molecule has 1 fully saturated rings. The van der Waals surface area contributed by atoms with Gasteiger partial charge in [0.1, 0.15) is 6.33 Å². The maximum absolute atomic E-state index is 12.3. The van der Waals surface area contributed by atoms with Gasteiger partial charge < -0.3 is 10.1 Å². The Kier molecular flexibility index (Phi) is 5.75. The van der Waals surface area contributed by atoms with Crippen molar-refractivity contribution < 1.29 is 9.53 Å². The Morgan fingerprint density at radius 3 is 3.04 bits per heavy atom. The van der Waals surface area contributed by atoms with Crippen molar-refractivity contribution in [2.75, 3.05) is 13.2 Å². The van der Waals surface area contributed by atoms with E-state index in [4.69, 9.17) is 4.74 Å². The molecule has 6 nitrogen and oxygen atoms in total. The van der Waals surface area contributed by atoms with E-state index in [0.717, 1.165) is 30.7 Å². The number of carbonyl (C=O) groups excluding carboxylic acids is 1. The highest BCUT2D eigenvalue weighted by molar-refractivity contribution is 8.00. The summed E-state index contributed by atoms with van der Waals surface area (Å²) in [5, 5.41) is 11.6. The van der Waals surface area contributed by atoms with Gasteiger partial charge in [0.15, 0.2) is 5.16 Å². The Balaban J connectivity index is 1.64. The maximum atomic E-state index is 12.3. The Morgan fingerprint density at radius 2 is 2.32 bits per heavy atom. The zero-order valence-electron chi connectivity index (χ0n) is 14.9. The maximum Gasteiger partial charge on any atom is 0.233 e. The number of thioether (sulfide) groups is 1. The van der Waals surface area contributed by atoms with Crippen LogP contribution in [0.5, 0.6) is 0 Å². The third-order valence-electron chi connectivity index (χ3n) is 4.31. The molecule has 0 saturated carbocycles. The molecular weight excluding hydrogens is 336 g/mol. The molecule has 0 unspecified atom stereocenters. The van der Waals surface area contributed by atoms with Crippen molar-refractivity contribution in [3.05, 3.63) is 35.7 Å². The van der Waals surface area contributed by atoms with Crippen molar-refractivity contribution in [1.29, 1.82) is 0 Å². The number of ether oxygens (including phenoxy) is 1. The van der Waals surface area contributed by atoms with Gasteiger partial charge in [-0.15, -0.1) is 10.2 Å². The smallest absolute Gasteiger partial charge is 0.233 e. The Bertz CT molecular complexity index is 740. The van der Waals surface area contributed by atoms with Gasteiger partial charge in [-0.25, -0.2) is 0 Å². The minimum absolute atomic E-state index is 0.00400. The summed E-state index contributed by atoms with van der Waals surface area (Å²) < 4.78 is 7.47. The minimum Gasteiger partial charge on any atom is -0.376 e. The van der Waals surface area contributed by atoms with E-state index < -0.39 is 0 Å². The summed E-state index contributed by atoms with van der Waals surface area (Å²) >= 11 is 1.41. The molecular formula is C18H24N4O2S. The molecule has 1 aliphatic heterocycles. The quantitative estimate of drug-likeness (QED) is 0.802. The monoisotopic (exact) mass is 360 g/mol. The van der Waals surface area contributed by atoms with Gasteiger partial charge in [-0.2, -0.15) is 0 Å². The number of nitrogens with zero attached hydrogens (tertiary/aromatic N) is 3. The molecule has 1 saturated heterocycles. The van der Waals surface area contributed by atoms with E-state index in [-0.39, 0.29) is 17.3 Å². The summed E-state index contributed by atoms with van der Waals surface area (Å²) in [5.74, 6) is -0.00400. The summed E-state index contributed by atoms with van der Waals surface area (Å²) in [6.45, 7) is 7.39. The molecule has 2 aromatic rings. The van der Waals surface area contributed by atoms with Crippen molar-refractivity contribution >= 4 is 17.7 Å². The van der Waals surface area contributed by atoms with Crippen molar-refractivity contribution in [3.8, 4) is 5.69 Å². The molecule has 0 aliphatic carbocycles. The molecule has 0 bridgehead atoms. The summed E-state index contributed by atoms with van der Waals surface area (Å²) in [6, 6.07) is 6.25. The molecule has 25 heavy (non-hydrogen) atoms. The Hall–Kier alpha value is -1.86. The Morgan fingerprint density at radius 1 is 1.48 bits per heavy atom. The highest BCUT2D eigenvalue weighted by atomic mass is 32.2. The van der Waals surface area contributed by atoms with Crippen LogP contribution in [0, 0.1) is 13.8 Å². The normalized spacial score (nSPS) is 18.3. The second kappa shape index (κ2) is 8.01. The van der Waals surface area contributed by atoms with Gasteiger partial charge in [0, 0.05) is 13.2 Å². The van der Waals surface area contributed by atoms with E-state index >= 15 is 0 Å². The van der Waals surface area contributed by atoms with E-state index in [0.29, 0.717) is 11.7 Å². The number of benzene rings is 1. The molecule has 2 heterocycles. The van der Waals surface area contributed by atoms with Crippen LogP contribution in [-0.4, -0.2) is 45.2 Å². The van der Waals surface area contributed by atoms with Crippen LogP contribution < -0.4 is 5.32 Å². The zero-order chi connectivity index (χ0) is 17.8. The lowest BCUT2D eigenvalue weighted by Crippen LogP contribution is -2.36. The molecule has 1 aliphatic rings. The van der Waals surface area contributed by atoms with Gasteiger partial charge in [0.2, 0.25) is 5.91 Å². The predicted molar refractivity (Wildman–Crippen MR) is 98.1 cm³/mol. The number of hydrogen-bond acceptors (Lipinski definition) is 5. The molecule has 134 valence electrons. The van der Waals surface area contributed by atoms with Crippen LogP contribution in [0.2, 0.25) is 0 Å². The number of rotatable bonds is 6. The van der Waals surface area contributed by atoms with Crippen molar-refractivity contribution in [3.63, 3.8) is 0 Å². The predicted octanol–water partition coefficient (Wildman–Crippen LogP) is 2.66. The third-order valence-corrected chi connectivity index (χ3v) is 5.36. The van der Waals surface area contributed by atoms with Gasteiger partial charge >= 0.3 is 0 Å². The van der Waals surface area contributed by atoms with Crippen molar-refractivity contribution in [1.82, 2.24) is 20.1 Å². The number of carbonyl (C=O) groups is 1. The zero-order valence-corrected chi connectivity index (χ0v) is 15.7. The highest BCUT2D eigenvalue weighted by Crippen LogP contribution is 2.25. The standard InChI is InChI=1S/C18H24N4O2S/c1-12-6-7-16(13(2)9-12)22-11-20-21-18(22)25-14(3)17(23)19-10-15-5-4-8-24-15/h6-7,9,11,14-15H,4-5,8,10H2,1-3H3,(H,19,23)/t14-,15+/m1/s1. The second-order valence-electron chi connectivity index (χ2n) is 6.41. The first-order chi connectivity index (χ1) is 12.0. The van der Waals surface area contributed by atoms with Gasteiger partial charge in [0.25, 0.3) is 0 Å². The summed E-state index contributed by atoms with van der Waals surface area (Å²) in [7, 11) is 0. The average Bonchev–Trinajstić information content (AvgIpc) is 3.24. The van der Waals surface area contributed by atoms with Gasteiger partial charge in [-0.3, -0.25) is 9.36 Å². The van der Waals surface area contributed by atoms with E-state index in [1.807, 2.05) is 11.5 Å². The molecule has 7 heteroatoms. The van der Waals surface area contributed by atoms with Crippen LogP contribution in [0.15, 0.2) is 29.7 Å². The largest absolute Gasteiger partial charge is 0.376 e. The second-order valence-corrected chi connectivity index (χ2v) is 7.72. The number of aromatic nitrogens is 3. The van der Waals surface area contributed by atoms with Crippen LogP contribution in [-0.2, 0) is 9.53 Å². The van der Waals surface area contributed by atoms with Crippen LogP contribution in [0.3, 0.4) is 0 Å². The summed E-state index contributed by atoms with van der Waals surface area (Å²) in [6.07, 6.45) is 3.93. The lowest BCUT2D eigenvalue weighted by molar-refractivity contribution is -0.120. The first-order valence-corrected chi connectivity index (χ1v) is 9.46. The third kappa shape index (κ3) is 4.41. The summed E-state index contributed by atoms with van der Waals surface area (Å²) in [5.41, 5.74) is 3.40. The van der Waals surface area contributed by atoms with Crippen molar-refractivity contribution in [2.24, 2.45) is 0 Å². The topological polar surface area (TPSA) is 69.0 Å². The first-order valence-electron chi connectivity index (χ1n) is 8.58. The Labute approximate surface area is 152 Å². The lowest BCUT2D eigenvalue weighted by atomic mass is 10.1. The van der Waals surface area contributed by atoms with Gasteiger partial charge in [-0.05, 0) is 45.2 Å². The van der Waals surface area contributed by atoms with Crippen LogP contribution in [0.25, 0.3) is 5.69 Å². The molecule has 0 radical (unpaired) electrons. The number of amides is 1. The fourth-order valence-corrected chi connectivity index (χ4v) is 3.78. The van der Waals surface area contributed by atoms with E-state index in [2.05, 4.69) is 47.6 Å². The van der Waals surface area contributed by atoms with Crippen LogP contribution in [0.4, 0.5) is 0 Å². The van der Waals surface area contributed by atoms with Crippen LogP contribution in [0.1, 0.15) is 30.9 Å². The lowest BCUT2D eigenvalue weighted by Gasteiger charge is -2.15. The van der Waals surface area contributed by atoms with Crippen molar-refractivity contribution in [2.45, 2.75) is 50.1 Å². The molecule has 1 aromatic carbocycles. The summed E-state index contributed by atoms with van der Waals surface area (Å²) in [4.78, 5) is 12.3. The van der Waals surface area contributed by atoms with E-state index in [1.165, 1.54) is 17.3 Å². The molecule has 1 N–H and O–H groups in total. The van der Waals surface area contributed by atoms with E-state index in [9.17, 15) is 4.79 Å². The van der Waals surface area contributed by atoms with Gasteiger partial charge in [-0.1, -0.05) is 29.5 Å². The fraction of sp³-hybridized carbons (Fsp3) is 0.500. The van der Waals surface area contributed by atoms with Crippen LogP contribution >= 0.6 is 11.8 Å². The molecule has 2 atom stereocenters. The minimum atomic E-state index is -0.255. The molecule has 1 amide bonds. The fourth-order valence-electron chi connectivity index (χ4n) is 2.92. The number of aryl methyl sites for hydroxylation is 2. The van der Waals surface area contributed by atoms with Gasteiger partial charge in [0.05, 0.1) is 17.0 Å². The molecule has 0 spiro atoms. The molecule has 1 aromatic heterocycles. The SMILES string of the molecule is Cc1ccc(-n2cnnc2S[C@H](C)C(=O)NC[C@@H]2CCCO2)c(C)c1. The first kappa shape index (κ1) is 17.9. The number of nitrogens with one attached hydrogen (secondary N) is 1. The van der Waals surface area contributed by atoms with E-state index in [1.54, 1.807) is 6.33 Å².